The molecule has 4 nitrogen and oxygen atoms in total. The topological polar surface area (TPSA) is 36.9 Å². The second-order valence-corrected chi connectivity index (χ2v) is 7.66. The molecule has 0 saturated heterocycles. The minimum atomic E-state index is -6.30. The molecule has 36 heteroatoms. The summed E-state index contributed by atoms with van der Waals surface area (Å²) in [6.45, 7) is -4.35. The van der Waals surface area contributed by atoms with Gasteiger partial charge in [-0.05, 0) is 0 Å². The predicted molar refractivity (Wildman–Crippen MR) is 122 cm³/mol. The summed E-state index contributed by atoms with van der Waals surface area (Å²) in [5, 5.41) is 0. The normalized spacial score (nSPS) is 14.7. The molecule has 0 amide bonds. The maximum atomic E-state index is 12.6. The lowest BCUT2D eigenvalue weighted by Crippen LogP contribution is -2.51. The van der Waals surface area contributed by atoms with Crippen molar-refractivity contribution in [2.45, 2.75) is 94.0 Å². The van der Waals surface area contributed by atoms with Crippen LogP contribution in [0.5, 0.6) is 0 Å². The van der Waals surface area contributed by atoms with Crippen molar-refractivity contribution in [2.75, 3.05) is 41.4 Å². The third-order valence-electron chi connectivity index (χ3n) is 3.32. The summed E-state index contributed by atoms with van der Waals surface area (Å²) < 4.78 is 376. The number of rotatable bonds is 11. The van der Waals surface area contributed by atoms with Crippen LogP contribution in [0, 0.1) is 0 Å². The van der Waals surface area contributed by atoms with Crippen LogP contribution in [-0.2, 0) is 18.9 Å². The van der Waals surface area contributed by atoms with E-state index in [1.165, 1.54) is 0 Å². The molecule has 0 rings (SSSR count). The summed E-state index contributed by atoms with van der Waals surface area (Å²) in [7, 11) is 1.50. The summed E-state index contributed by atoms with van der Waals surface area (Å²) in [5.41, 5.74) is 0. The number of halogens is 32. The van der Waals surface area contributed by atoms with Gasteiger partial charge < -0.3 is 9.47 Å². The minimum absolute atomic E-state index is 0.500. The number of hydrogen-bond donors (Lipinski definition) is 0. The van der Waals surface area contributed by atoms with Crippen molar-refractivity contribution in [3.05, 3.63) is 0 Å². The zero-order valence-electron chi connectivity index (χ0n) is 27.6. The Balaban J connectivity index is -0.000000121. The Labute approximate surface area is 296 Å². The Morgan fingerprint density at radius 1 is 0.404 bits per heavy atom. The molecule has 57 heavy (non-hydrogen) atoms. The highest BCUT2D eigenvalue weighted by Gasteiger charge is 2.64. The third-order valence-corrected chi connectivity index (χ3v) is 3.32. The average Bonchev–Trinajstić information content (AvgIpc) is 3.03. The maximum absolute atomic E-state index is 12.6. The molecule has 0 aromatic rings. The molecule has 0 radical (unpaired) electrons. The lowest BCUT2D eigenvalue weighted by Gasteiger charge is -2.28. The van der Waals surface area contributed by atoms with E-state index >= 15 is 0 Å². The van der Waals surface area contributed by atoms with Gasteiger partial charge in [-0.15, -0.1) is 13.2 Å². The third kappa shape index (κ3) is 37.6. The van der Waals surface area contributed by atoms with Crippen molar-refractivity contribution >= 4 is 0 Å². The summed E-state index contributed by atoms with van der Waals surface area (Å²) in [4.78, 5) is 0. The van der Waals surface area contributed by atoms with Gasteiger partial charge in [-0.1, -0.05) is 13.8 Å². The molecule has 0 bridgehead atoms. The second-order valence-electron chi connectivity index (χ2n) is 7.66. The van der Waals surface area contributed by atoms with Gasteiger partial charge in [0.15, 0.2) is 6.67 Å². The van der Waals surface area contributed by atoms with E-state index in [9.17, 15) is 140 Å². The summed E-state index contributed by atoms with van der Waals surface area (Å²) in [6.07, 6.45) is -72.4. The standard InChI is InChI=1S/C6H3F11O2.2C5H3F9O.C2H6.3CH3F/c7-3(8,9)1-18-5(13,14)2(4(10,11)12)19-6(15,16)17;6-2(4(10,11)12)5(13,14)15-1-3(7,8)9;6-1-3(8,9)15-5(13,14)2(7)4(10,11)12;4*1-2/h2H,1H2;2*2H,1H2;1-2H3;3*1H3. The van der Waals surface area contributed by atoms with Crippen LogP contribution in [0.15, 0.2) is 0 Å². The Kier molecular flexibility index (Phi) is 33.3. The summed E-state index contributed by atoms with van der Waals surface area (Å²) in [6, 6.07) is 0. The van der Waals surface area contributed by atoms with Crippen molar-refractivity contribution in [1.29, 1.82) is 0 Å². The SMILES string of the molecule is CC.CF.CF.CF.FC(C(F)(F)F)C(F)(F)OCC(F)(F)F.FC(F)(F)COC(F)(F)C(OC(F)(F)F)C(F)(F)F.FCC(F)(F)OC(F)(F)C(F)C(F)(F)F. The molecule has 356 valence electrons. The first-order valence-electron chi connectivity index (χ1n) is 12.4. The van der Waals surface area contributed by atoms with Crippen LogP contribution in [0.2, 0.25) is 0 Å². The van der Waals surface area contributed by atoms with E-state index in [2.05, 4.69) is 18.9 Å². The molecule has 0 aromatic heterocycles. The zero-order valence-corrected chi connectivity index (χ0v) is 27.6. The second kappa shape index (κ2) is 27.4. The largest absolute Gasteiger partial charge is 0.523 e. The zero-order chi connectivity index (χ0) is 48.7. The van der Waals surface area contributed by atoms with Crippen molar-refractivity contribution in [2.24, 2.45) is 0 Å². The molecule has 0 aliphatic carbocycles. The molecule has 0 heterocycles. The fraction of sp³-hybridized carbons (Fsp3) is 1.00. The average molecular weight is 948 g/mol. The van der Waals surface area contributed by atoms with Gasteiger partial charge in [-0.3, -0.25) is 22.6 Å². The summed E-state index contributed by atoms with van der Waals surface area (Å²) >= 11 is 0. The van der Waals surface area contributed by atoms with Crippen molar-refractivity contribution in [3.8, 4) is 0 Å². The van der Waals surface area contributed by atoms with Gasteiger partial charge in [0.05, 0.1) is 21.5 Å². The minimum Gasteiger partial charge on any atom is -0.309 e. The molecule has 0 aromatic carbocycles. The van der Waals surface area contributed by atoms with E-state index in [1.807, 2.05) is 13.8 Å². The van der Waals surface area contributed by atoms with Crippen LogP contribution < -0.4 is 0 Å². The predicted octanol–water partition coefficient (Wildman–Crippen LogP) is 12.5. The van der Waals surface area contributed by atoms with Crippen molar-refractivity contribution in [1.82, 2.24) is 0 Å². The number of alkyl halides is 32. The molecule has 3 unspecified atom stereocenters. The van der Waals surface area contributed by atoms with E-state index in [4.69, 9.17) is 0 Å². The van der Waals surface area contributed by atoms with Crippen LogP contribution in [0.4, 0.5) is 140 Å². The lowest BCUT2D eigenvalue weighted by atomic mass is 10.3. The highest BCUT2D eigenvalue weighted by molar-refractivity contribution is 4.79. The van der Waals surface area contributed by atoms with Gasteiger partial charge in [0, 0.05) is 0 Å². The quantitative estimate of drug-likeness (QED) is 0.193. The molecular weight excluding hydrogens is 924 g/mol. The first-order valence-corrected chi connectivity index (χ1v) is 12.4. The van der Waals surface area contributed by atoms with Crippen molar-refractivity contribution in [3.63, 3.8) is 0 Å². The van der Waals surface area contributed by atoms with Crippen LogP contribution in [0.3, 0.4) is 0 Å². The molecule has 0 fully saturated rings. The smallest absolute Gasteiger partial charge is 0.309 e. The van der Waals surface area contributed by atoms with Gasteiger partial charge in [-0.25, -0.2) is 13.2 Å². The van der Waals surface area contributed by atoms with E-state index in [0.717, 1.165) is 0 Å². The molecule has 0 spiro atoms. The molecule has 0 aliphatic heterocycles. The van der Waals surface area contributed by atoms with Crippen LogP contribution in [0.25, 0.3) is 0 Å². The first-order chi connectivity index (χ1) is 24.8. The fourth-order valence-corrected chi connectivity index (χ4v) is 1.62. The first kappa shape index (κ1) is 69.2. The van der Waals surface area contributed by atoms with E-state index in [0.29, 0.717) is 21.5 Å². The number of hydrogen-bond acceptors (Lipinski definition) is 4. The molecule has 0 saturated carbocycles. The summed E-state index contributed by atoms with van der Waals surface area (Å²) in [5.74, 6) is 0. The Morgan fingerprint density at radius 3 is 0.877 bits per heavy atom. The van der Waals surface area contributed by atoms with Crippen LogP contribution in [-0.4, -0.2) is 122 Å². The Morgan fingerprint density at radius 2 is 0.667 bits per heavy atom. The monoisotopic (exact) mass is 948 g/mol. The van der Waals surface area contributed by atoms with E-state index in [-0.39, 0.29) is 0 Å². The highest BCUT2D eigenvalue weighted by atomic mass is 19.4. The van der Waals surface area contributed by atoms with Gasteiger partial charge in [-0.2, -0.15) is 101 Å². The fourth-order valence-electron chi connectivity index (χ4n) is 1.62. The van der Waals surface area contributed by atoms with Gasteiger partial charge in [0.25, 0.3) is 18.4 Å². The lowest BCUT2D eigenvalue weighted by molar-refractivity contribution is -0.445. The molecule has 3 atom stereocenters. The van der Waals surface area contributed by atoms with E-state index in [1.54, 1.807) is 0 Å². The van der Waals surface area contributed by atoms with Gasteiger partial charge in [0.1, 0.15) is 13.2 Å². The van der Waals surface area contributed by atoms with Gasteiger partial charge in [0.2, 0.25) is 0 Å². The van der Waals surface area contributed by atoms with E-state index < -0.39 is 100 Å². The highest BCUT2D eigenvalue weighted by Crippen LogP contribution is 2.41. The molecule has 0 N–H and O–H groups in total. The Hall–Kier alpha value is -2.40. The van der Waals surface area contributed by atoms with Gasteiger partial charge >= 0.3 is 61.7 Å². The molecular formula is C21H24F32O4. The molecule has 0 aliphatic rings. The maximum Gasteiger partial charge on any atom is 0.523 e. The van der Waals surface area contributed by atoms with Crippen molar-refractivity contribution < 1.29 is 159 Å². The van der Waals surface area contributed by atoms with Crippen LogP contribution in [0.1, 0.15) is 13.8 Å². The Bertz CT molecular complexity index is 949. The number of ether oxygens (including phenoxy) is 4. The van der Waals surface area contributed by atoms with Crippen LogP contribution >= 0.6 is 0 Å².